The Morgan fingerprint density at radius 3 is 2.33 bits per heavy atom. The lowest BCUT2D eigenvalue weighted by Crippen LogP contribution is -2.20. The summed E-state index contributed by atoms with van der Waals surface area (Å²) < 4.78 is 56.0. The number of nitrogens with one attached hydrogen (secondary N) is 1. The van der Waals surface area contributed by atoms with Gasteiger partial charge in [-0.15, -0.1) is 0 Å². The normalized spacial score (nSPS) is 10.9. The summed E-state index contributed by atoms with van der Waals surface area (Å²) in [5.74, 6) is -3.20. The van der Waals surface area contributed by atoms with Gasteiger partial charge in [0.05, 0.1) is 6.54 Å². The molecule has 1 N–H and O–H groups in total. The predicted molar refractivity (Wildman–Crippen MR) is 93.1 cm³/mol. The monoisotopic (exact) mass is 377 g/mol. The van der Waals surface area contributed by atoms with Gasteiger partial charge in [0.15, 0.2) is 0 Å². The third kappa shape index (κ3) is 3.99. The van der Waals surface area contributed by atoms with E-state index in [1.54, 1.807) is 6.92 Å². The molecule has 1 heterocycles. The van der Waals surface area contributed by atoms with Gasteiger partial charge in [-0.2, -0.15) is 9.37 Å². The van der Waals surface area contributed by atoms with Crippen LogP contribution in [0.5, 0.6) is 0 Å². The van der Waals surface area contributed by atoms with Crippen molar-refractivity contribution >= 4 is 11.6 Å². The number of nitrogens with zero attached hydrogens (tertiary/aromatic N) is 2. The number of aryl methyl sites for hydroxylation is 1. The zero-order chi connectivity index (χ0) is 19.7. The molecule has 0 amide bonds. The first-order valence-corrected chi connectivity index (χ1v) is 7.99. The summed E-state index contributed by atoms with van der Waals surface area (Å²) >= 11 is 0. The molecule has 0 fully saturated rings. The van der Waals surface area contributed by atoms with Crippen LogP contribution in [0.15, 0.2) is 41.3 Å². The highest BCUT2D eigenvalue weighted by molar-refractivity contribution is 5.58. The van der Waals surface area contributed by atoms with Crippen molar-refractivity contribution in [3.05, 3.63) is 86.8 Å². The molecule has 0 atom stereocenters. The molecule has 0 aliphatic heterocycles. The minimum Gasteiger partial charge on any atom is -0.325 e. The second kappa shape index (κ2) is 7.22. The van der Waals surface area contributed by atoms with Gasteiger partial charge in [0.25, 0.3) is 0 Å². The van der Waals surface area contributed by atoms with E-state index in [0.717, 1.165) is 18.3 Å². The summed E-state index contributed by atoms with van der Waals surface area (Å²) in [7, 11) is 0. The second-order valence-corrected chi connectivity index (χ2v) is 6.11. The van der Waals surface area contributed by atoms with E-state index >= 15 is 0 Å². The molecule has 3 aromatic rings. The minimum absolute atomic E-state index is 0.0866. The summed E-state index contributed by atoms with van der Waals surface area (Å²) in [6, 6.07) is 6.22. The van der Waals surface area contributed by atoms with Gasteiger partial charge in [-0.05, 0) is 49.2 Å². The average Bonchev–Trinajstić information content (AvgIpc) is 2.60. The Kier molecular flexibility index (Phi) is 4.98. The molecule has 2 aromatic carbocycles. The van der Waals surface area contributed by atoms with E-state index in [1.165, 1.54) is 29.7 Å². The van der Waals surface area contributed by atoms with Crippen LogP contribution in [-0.2, 0) is 6.54 Å². The van der Waals surface area contributed by atoms with E-state index in [-0.39, 0.29) is 23.6 Å². The van der Waals surface area contributed by atoms with Crippen molar-refractivity contribution in [2.24, 2.45) is 0 Å². The van der Waals surface area contributed by atoms with Crippen molar-refractivity contribution in [2.75, 3.05) is 5.32 Å². The Labute approximate surface area is 152 Å². The highest BCUT2D eigenvalue weighted by Crippen LogP contribution is 2.21. The number of rotatable bonds is 4. The van der Waals surface area contributed by atoms with E-state index in [1.807, 2.05) is 0 Å². The van der Waals surface area contributed by atoms with Crippen LogP contribution in [0.1, 0.15) is 16.7 Å². The largest absolute Gasteiger partial charge is 0.325 e. The first-order valence-electron chi connectivity index (χ1n) is 7.99. The van der Waals surface area contributed by atoms with Gasteiger partial charge in [-0.1, -0.05) is 6.07 Å². The molecule has 8 heteroatoms. The molecular weight excluding hydrogens is 362 g/mol. The van der Waals surface area contributed by atoms with E-state index < -0.39 is 28.8 Å². The molecule has 0 bridgehead atoms. The minimum atomic E-state index is -1.12. The topological polar surface area (TPSA) is 46.9 Å². The third-order valence-corrected chi connectivity index (χ3v) is 4.09. The molecule has 0 saturated heterocycles. The molecule has 0 spiro atoms. The summed E-state index contributed by atoms with van der Waals surface area (Å²) in [5, 5.41) is 2.77. The van der Waals surface area contributed by atoms with Crippen LogP contribution in [0.25, 0.3) is 0 Å². The number of anilines is 2. The van der Waals surface area contributed by atoms with Gasteiger partial charge in [-0.25, -0.2) is 13.2 Å². The van der Waals surface area contributed by atoms with E-state index in [9.17, 15) is 22.4 Å². The summed E-state index contributed by atoms with van der Waals surface area (Å²) in [6.45, 7) is 2.85. The fourth-order valence-electron chi connectivity index (χ4n) is 2.52. The maximum atomic E-state index is 13.8. The van der Waals surface area contributed by atoms with Crippen molar-refractivity contribution in [1.82, 2.24) is 9.55 Å². The van der Waals surface area contributed by atoms with Crippen molar-refractivity contribution in [3.63, 3.8) is 0 Å². The van der Waals surface area contributed by atoms with Crippen LogP contribution in [0, 0.1) is 37.1 Å². The van der Waals surface area contributed by atoms with Crippen LogP contribution in [-0.4, -0.2) is 9.55 Å². The highest BCUT2D eigenvalue weighted by atomic mass is 19.1. The molecule has 0 unspecified atom stereocenters. The molecule has 1 aromatic heterocycles. The number of hydrogen-bond acceptors (Lipinski definition) is 3. The third-order valence-electron chi connectivity index (χ3n) is 4.09. The maximum Gasteiger partial charge on any atom is 0.310 e. The molecule has 0 aliphatic carbocycles. The first-order chi connectivity index (χ1) is 12.7. The second-order valence-electron chi connectivity index (χ2n) is 6.11. The lowest BCUT2D eigenvalue weighted by molar-refractivity contribution is 0.558. The van der Waals surface area contributed by atoms with Gasteiger partial charge >= 0.3 is 5.56 Å². The SMILES string of the molecule is Cc1ccc(F)cc1Nc1nc(=O)c(F)cn1Cc1cc(F)c(C)c(F)c1. The van der Waals surface area contributed by atoms with Crippen molar-refractivity contribution in [1.29, 1.82) is 0 Å². The molecular formula is C19H15F4N3O. The van der Waals surface area contributed by atoms with Gasteiger partial charge in [0.1, 0.15) is 17.5 Å². The first kappa shape index (κ1) is 18.6. The van der Waals surface area contributed by atoms with Crippen LogP contribution in [0.3, 0.4) is 0 Å². The quantitative estimate of drug-likeness (QED) is 0.693. The van der Waals surface area contributed by atoms with Gasteiger partial charge in [0, 0.05) is 17.4 Å². The van der Waals surface area contributed by atoms with Crippen molar-refractivity contribution in [3.8, 4) is 0 Å². The van der Waals surface area contributed by atoms with E-state index in [4.69, 9.17) is 0 Å². The average molecular weight is 377 g/mol. The molecule has 0 saturated carbocycles. The van der Waals surface area contributed by atoms with Gasteiger partial charge < -0.3 is 9.88 Å². The molecule has 4 nitrogen and oxygen atoms in total. The van der Waals surface area contributed by atoms with Crippen LogP contribution >= 0.6 is 0 Å². The Morgan fingerprint density at radius 2 is 1.67 bits per heavy atom. The van der Waals surface area contributed by atoms with Gasteiger partial charge in [0.2, 0.25) is 11.8 Å². The lowest BCUT2D eigenvalue weighted by Gasteiger charge is -2.16. The lowest BCUT2D eigenvalue weighted by atomic mass is 10.1. The Bertz CT molecular complexity index is 1060. The molecule has 0 radical (unpaired) electrons. The van der Waals surface area contributed by atoms with Crippen LogP contribution in [0.4, 0.5) is 29.2 Å². The summed E-state index contributed by atoms with van der Waals surface area (Å²) in [4.78, 5) is 15.2. The van der Waals surface area contributed by atoms with E-state index in [2.05, 4.69) is 10.3 Å². The Morgan fingerprint density at radius 1 is 1.00 bits per heavy atom. The zero-order valence-corrected chi connectivity index (χ0v) is 14.5. The Balaban J connectivity index is 2.04. The van der Waals surface area contributed by atoms with Crippen LogP contribution < -0.4 is 10.9 Å². The molecule has 3 rings (SSSR count). The van der Waals surface area contributed by atoms with Crippen molar-refractivity contribution < 1.29 is 17.6 Å². The fourth-order valence-corrected chi connectivity index (χ4v) is 2.52. The summed E-state index contributed by atoms with van der Waals surface area (Å²) in [5.41, 5.74) is -0.0438. The number of halogens is 4. The number of benzene rings is 2. The number of aromatic nitrogens is 2. The van der Waals surface area contributed by atoms with Crippen LogP contribution in [0.2, 0.25) is 0 Å². The zero-order valence-electron chi connectivity index (χ0n) is 14.5. The van der Waals surface area contributed by atoms with E-state index in [0.29, 0.717) is 11.3 Å². The number of hydrogen-bond donors (Lipinski definition) is 1. The molecule has 0 aliphatic rings. The standard InChI is InChI=1S/C19H15F4N3O/c1-10-3-4-13(20)7-17(10)24-19-25-18(27)16(23)9-26(19)8-12-5-14(21)11(2)15(22)6-12/h3-7,9H,8H2,1-2H3,(H,24,25,27). The molecule has 27 heavy (non-hydrogen) atoms. The molecule has 140 valence electrons. The smallest absolute Gasteiger partial charge is 0.310 e. The Hall–Kier alpha value is -3.16. The maximum absolute atomic E-state index is 13.8. The summed E-state index contributed by atoms with van der Waals surface area (Å²) in [6.07, 6.45) is 0.877. The van der Waals surface area contributed by atoms with Crippen molar-refractivity contribution in [2.45, 2.75) is 20.4 Å². The fraction of sp³-hybridized carbons (Fsp3) is 0.158. The predicted octanol–water partition coefficient (Wildman–Crippen LogP) is 4.21. The van der Waals surface area contributed by atoms with Gasteiger partial charge in [-0.3, -0.25) is 4.79 Å². The highest BCUT2D eigenvalue weighted by Gasteiger charge is 2.13.